The molecule has 0 spiro atoms. The van der Waals surface area contributed by atoms with Crippen LogP contribution in [0.15, 0.2) is 0 Å². The van der Waals surface area contributed by atoms with Gasteiger partial charge in [-0.15, -0.1) is 0 Å². The first-order chi connectivity index (χ1) is 7.25. The van der Waals surface area contributed by atoms with E-state index in [4.69, 9.17) is 11.6 Å². The second kappa shape index (κ2) is 3.34. The number of hydrogen-bond donors (Lipinski definition) is 0. The molecule has 4 heteroatoms. The number of anilines is 1. The molecule has 80 valence electrons. The van der Waals surface area contributed by atoms with Gasteiger partial charge in [-0.25, -0.2) is 9.97 Å². The van der Waals surface area contributed by atoms with Crippen molar-refractivity contribution in [3.63, 3.8) is 0 Å². The minimum absolute atomic E-state index is 0.570. The van der Waals surface area contributed by atoms with E-state index >= 15 is 0 Å². The van der Waals surface area contributed by atoms with Crippen molar-refractivity contribution in [1.29, 1.82) is 0 Å². The van der Waals surface area contributed by atoms with Crippen molar-refractivity contribution in [2.75, 3.05) is 11.4 Å². The van der Waals surface area contributed by atoms with E-state index in [-0.39, 0.29) is 0 Å². The summed E-state index contributed by atoms with van der Waals surface area (Å²) in [4.78, 5) is 11.2. The predicted octanol–water partition coefficient (Wildman–Crippen LogP) is 2.22. The Morgan fingerprint density at radius 1 is 1.33 bits per heavy atom. The second-order valence-electron chi connectivity index (χ2n) is 4.42. The monoisotopic (exact) mass is 223 g/mol. The number of aromatic nitrogens is 2. The van der Waals surface area contributed by atoms with Crippen molar-refractivity contribution in [3.05, 3.63) is 16.4 Å². The van der Waals surface area contributed by atoms with Gasteiger partial charge < -0.3 is 4.90 Å². The summed E-state index contributed by atoms with van der Waals surface area (Å²) in [5.41, 5.74) is 2.35. The smallest absolute Gasteiger partial charge is 0.227 e. The largest absolute Gasteiger partial charge is 0.338 e. The molecule has 3 nitrogen and oxygen atoms in total. The van der Waals surface area contributed by atoms with E-state index in [1.54, 1.807) is 0 Å². The average Bonchev–Trinajstić information content (AvgIpc) is 2.64. The zero-order valence-corrected chi connectivity index (χ0v) is 9.59. The number of halogens is 1. The van der Waals surface area contributed by atoms with Crippen molar-refractivity contribution in [2.24, 2.45) is 0 Å². The van der Waals surface area contributed by atoms with Gasteiger partial charge in [0.1, 0.15) is 5.15 Å². The molecule has 0 aromatic carbocycles. The third kappa shape index (κ3) is 1.41. The van der Waals surface area contributed by atoms with E-state index in [0.717, 1.165) is 25.3 Å². The first-order valence-electron chi connectivity index (χ1n) is 5.57. The molecule has 1 unspecified atom stereocenters. The third-order valence-corrected chi connectivity index (χ3v) is 3.76. The standard InChI is InChI=1S/C11H14ClN3/c1-7-5-6-15(7)11-13-9-4-2-3-8(9)10(12)14-11/h7H,2-6H2,1H3. The molecule has 1 fully saturated rings. The molecule has 1 aromatic heterocycles. The Hall–Kier alpha value is -0.830. The van der Waals surface area contributed by atoms with E-state index in [1.165, 1.54) is 24.1 Å². The van der Waals surface area contributed by atoms with Gasteiger partial charge in [0, 0.05) is 18.2 Å². The molecule has 1 atom stereocenters. The lowest BCUT2D eigenvalue weighted by Gasteiger charge is -2.38. The molecule has 1 aliphatic carbocycles. The highest BCUT2D eigenvalue weighted by Gasteiger charge is 2.28. The maximum Gasteiger partial charge on any atom is 0.227 e. The lowest BCUT2D eigenvalue weighted by Crippen LogP contribution is -2.46. The summed E-state index contributed by atoms with van der Waals surface area (Å²) < 4.78 is 0. The van der Waals surface area contributed by atoms with Gasteiger partial charge in [-0.3, -0.25) is 0 Å². The van der Waals surface area contributed by atoms with Crippen molar-refractivity contribution in [2.45, 2.75) is 38.6 Å². The minimum Gasteiger partial charge on any atom is -0.338 e. The number of fused-ring (bicyclic) bond motifs is 1. The Morgan fingerprint density at radius 3 is 2.87 bits per heavy atom. The fraction of sp³-hybridized carbons (Fsp3) is 0.636. The highest BCUT2D eigenvalue weighted by atomic mass is 35.5. The molecule has 15 heavy (non-hydrogen) atoms. The summed E-state index contributed by atoms with van der Waals surface area (Å²) in [6, 6.07) is 0.570. The Balaban J connectivity index is 2.00. The van der Waals surface area contributed by atoms with Crippen LogP contribution in [0.3, 0.4) is 0 Å². The highest BCUT2D eigenvalue weighted by molar-refractivity contribution is 6.30. The number of rotatable bonds is 1. The highest BCUT2D eigenvalue weighted by Crippen LogP contribution is 2.30. The predicted molar refractivity (Wildman–Crippen MR) is 60.5 cm³/mol. The Labute approximate surface area is 94.5 Å². The quantitative estimate of drug-likeness (QED) is 0.684. The molecule has 1 aliphatic heterocycles. The number of hydrogen-bond acceptors (Lipinski definition) is 3. The molecular weight excluding hydrogens is 210 g/mol. The summed E-state index contributed by atoms with van der Waals surface area (Å²) in [5, 5.41) is 0.673. The molecule has 2 aliphatic rings. The summed E-state index contributed by atoms with van der Waals surface area (Å²) in [5.74, 6) is 0.833. The summed E-state index contributed by atoms with van der Waals surface area (Å²) in [7, 11) is 0. The summed E-state index contributed by atoms with van der Waals surface area (Å²) >= 11 is 6.17. The maximum atomic E-state index is 6.17. The van der Waals surface area contributed by atoms with Crippen LogP contribution in [0.25, 0.3) is 0 Å². The summed E-state index contributed by atoms with van der Waals surface area (Å²) in [6.07, 6.45) is 4.51. The Kier molecular flexibility index (Phi) is 2.09. The van der Waals surface area contributed by atoms with Crippen LogP contribution in [-0.4, -0.2) is 22.6 Å². The van der Waals surface area contributed by atoms with E-state index in [0.29, 0.717) is 11.2 Å². The molecule has 3 rings (SSSR count). The molecule has 1 saturated heterocycles. The van der Waals surface area contributed by atoms with Gasteiger partial charge in [0.15, 0.2) is 0 Å². The van der Waals surface area contributed by atoms with Crippen LogP contribution in [0, 0.1) is 0 Å². The van der Waals surface area contributed by atoms with Crippen LogP contribution < -0.4 is 4.90 Å². The molecule has 0 saturated carbocycles. The second-order valence-corrected chi connectivity index (χ2v) is 4.78. The first-order valence-corrected chi connectivity index (χ1v) is 5.95. The van der Waals surface area contributed by atoms with Crippen LogP contribution in [0.1, 0.15) is 31.0 Å². The van der Waals surface area contributed by atoms with Crippen LogP contribution in [0.5, 0.6) is 0 Å². The van der Waals surface area contributed by atoms with Crippen molar-refractivity contribution >= 4 is 17.5 Å². The topological polar surface area (TPSA) is 29.0 Å². The zero-order valence-electron chi connectivity index (χ0n) is 8.83. The van der Waals surface area contributed by atoms with Crippen LogP contribution >= 0.6 is 11.6 Å². The molecule has 0 amide bonds. The van der Waals surface area contributed by atoms with Gasteiger partial charge in [-0.05, 0) is 32.6 Å². The first kappa shape index (κ1) is 9.40. The third-order valence-electron chi connectivity index (χ3n) is 3.45. The van der Waals surface area contributed by atoms with Gasteiger partial charge in [0.25, 0.3) is 0 Å². The average molecular weight is 224 g/mol. The molecule has 0 bridgehead atoms. The van der Waals surface area contributed by atoms with Crippen LogP contribution in [-0.2, 0) is 12.8 Å². The van der Waals surface area contributed by atoms with Crippen LogP contribution in [0.2, 0.25) is 5.15 Å². The van der Waals surface area contributed by atoms with E-state index in [1.807, 2.05) is 0 Å². The van der Waals surface area contributed by atoms with Crippen LogP contribution in [0.4, 0.5) is 5.95 Å². The molecule has 2 heterocycles. The van der Waals surface area contributed by atoms with Gasteiger partial charge in [0.2, 0.25) is 5.95 Å². The number of nitrogens with zero attached hydrogens (tertiary/aromatic N) is 3. The van der Waals surface area contributed by atoms with E-state index in [2.05, 4.69) is 21.8 Å². The molecule has 0 N–H and O–H groups in total. The molecular formula is C11H14ClN3. The van der Waals surface area contributed by atoms with Crippen molar-refractivity contribution in [1.82, 2.24) is 9.97 Å². The Bertz CT molecular complexity index is 405. The minimum atomic E-state index is 0.570. The van der Waals surface area contributed by atoms with Gasteiger partial charge >= 0.3 is 0 Å². The fourth-order valence-electron chi connectivity index (χ4n) is 2.32. The molecule has 1 aromatic rings. The lowest BCUT2D eigenvalue weighted by molar-refractivity contribution is 0.470. The van der Waals surface area contributed by atoms with E-state index < -0.39 is 0 Å². The number of aryl methyl sites for hydroxylation is 1. The summed E-state index contributed by atoms with van der Waals surface area (Å²) in [6.45, 7) is 3.27. The van der Waals surface area contributed by atoms with Gasteiger partial charge in [-0.1, -0.05) is 11.6 Å². The van der Waals surface area contributed by atoms with Crippen molar-refractivity contribution < 1.29 is 0 Å². The normalized spacial score (nSPS) is 23.9. The van der Waals surface area contributed by atoms with Gasteiger partial charge in [-0.2, -0.15) is 0 Å². The lowest BCUT2D eigenvalue weighted by atomic mass is 10.1. The molecule has 0 radical (unpaired) electrons. The van der Waals surface area contributed by atoms with Gasteiger partial charge in [0.05, 0.1) is 5.69 Å². The maximum absolute atomic E-state index is 6.17. The fourth-order valence-corrected chi connectivity index (χ4v) is 2.60. The SMILES string of the molecule is CC1CCN1c1nc(Cl)c2c(n1)CCC2. The Morgan fingerprint density at radius 2 is 2.20 bits per heavy atom. The zero-order chi connectivity index (χ0) is 10.4. The van der Waals surface area contributed by atoms with Crippen molar-refractivity contribution in [3.8, 4) is 0 Å². The van der Waals surface area contributed by atoms with E-state index in [9.17, 15) is 0 Å².